The van der Waals surface area contributed by atoms with Gasteiger partial charge < -0.3 is 10.5 Å². The van der Waals surface area contributed by atoms with E-state index in [4.69, 9.17) is 10.5 Å². The van der Waals surface area contributed by atoms with E-state index in [2.05, 4.69) is 4.98 Å². The van der Waals surface area contributed by atoms with Crippen molar-refractivity contribution in [1.29, 1.82) is 0 Å². The van der Waals surface area contributed by atoms with Gasteiger partial charge in [-0.2, -0.15) is 0 Å². The summed E-state index contributed by atoms with van der Waals surface area (Å²) < 4.78 is 7.07. The number of fused-ring (bicyclic) bond motifs is 3. The van der Waals surface area contributed by atoms with Crippen LogP contribution in [0.1, 0.15) is 20.8 Å². The van der Waals surface area contributed by atoms with Crippen molar-refractivity contribution in [3.8, 4) is 0 Å². The Morgan fingerprint density at radius 3 is 2.62 bits per heavy atom. The normalized spacial score (nSPS) is 12.0. The highest BCUT2D eigenvalue weighted by atomic mass is 16.6. The number of carbonyl (C=O) groups excluding carboxylic acids is 1. The number of benzene rings is 1. The lowest BCUT2D eigenvalue weighted by molar-refractivity contribution is 0.0551. The number of hydrogen-bond acceptors (Lipinski definition) is 4. The number of hydrogen-bond donors (Lipinski definition) is 1. The quantitative estimate of drug-likeness (QED) is 0.640. The number of ether oxygens (including phenoxy) is 1. The van der Waals surface area contributed by atoms with E-state index in [1.54, 1.807) is 29.1 Å². The number of nitrogen functional groups attached to an aromatic ring is 1. The van der Waals surface area contributed by atoms with Crippen LogP contribution in [0.5, 0.6) is 0 Å². The monoisotopic (exact) mass is 283 g/mol. The molecule has 1 aromatic carbocycles. The molecule has 0 aliphatic heterocycles. The fraction of sp³-hybridized carbons (Fsp3) is 0.250. The minimum absolute atomic E-state index is 0.404. The van der Waals surface area contributed by atoms with E-state index < -0.39 is 11.7 Å². The van der Waals surface area contributed by atoms with Crippen LogP contribution in [0.3, 0.4) is 0 Å². The maximum Gasteiger partial charge on any atom is 0.419 e. The van der Waals surface area contributed by atoms with Gasteiger partial charge in [-0.1, -0.05) is 0 Å². The molecule has 0 unspecified atom stereocenters. The van der Waals surface area contributed by atoms with E-state index in [1.165, 1.54) is 0 Å². The molecule has 0 saturated heterocycles. The van der Waals surface area contributed by atoms with Crippen molar-refractivity contribution in [2.75, 3.05) is 5.73 Å². The highest BCUT2D eigenvalue weighted by molar-refractivity contribution is 6.12. The fourth-order valence-corrected chi connectivity index (χ4v) is 2.39. The minimum atomic E-state index is -0.555. The summed E-state index contributed by atoms with van der Waals surface area (Å²) in [5.41, 5.74) is 7.48. The molecule has 21 heavy (non-hydrogen) atoms. The molecule has 0 aliphatic rings. The molecule has 0 saturated carbocycles. The Hall–Kier alpha value is -2.56. The molecule has 0 spiro atoms. The molecule has 2 N–H and O–H groups in total. The molecular weight excluding hydrogens is 266 g/mol. The van der Waals surface area contributed by atoms with Crippen molar-refractivity contribution in [3.05, 3.63) is 36.7 Å². The number of rotatable bonds is 0. The Morgan fingerprint density at radius 2 is 1.90 bits per heavy atom. The van der Waals surface area contributed by atoms with Gasteiger partial charge in [-0.3, -0.25) is 4.98 Å². The van der Waals surface area contributed by atoms with Crippen molar-refractivity contribution in [2.45, 2.75) is 26.4 Å². The molecule has 0 amide bonds. The van der Waals surface area contributed by atoms with Crippen molar-refractivity contribution in [1.82, 2.24) is 9.55 Å². The third kappa shape index (κ3) is 2.31. The first-order valence-electron chi connectivity index (χ1n) is 6.74. The molecule has 0 bridgehead atoms. The number of aromatic nitrogens is 2. The number of carbonyl (C=O) groups is 1. The number of nitrogens with two attached hydrogens (primary N) is 1. The van der Waals surface area contributed by atoms with Gasteiger partial charge in [0.05, 0.1) is 11.0 Å². The smallest absolute Gasteiger partial charge is 0.419 e. The summed E-state index contributed by atoms with van der Waals surface area (Å²) in [5, 5.41) is 1.77. The maximum atomic E-state index is 12.5. The van der Waals surface area contributed by atoms with Gasteiger partial charge in [-0.05, 0) is 45.0 Å². The Morgan fingerprint density at radius 1 is 1.19 bits per heavy atom. The Bertz CT molecular complexity index is 844. The third-order valence-electron chi connectivity index (χ3n) is 3.17. The van der Waals surface area contributed by atoms with Gasteiger partial charge in [0.15, 0.2) is 0 Å². The summed E-state index contributed by atoms with van der Waals surface area (Å²) in [6.45, 7) is 5.54. The third-order valence-corrected chi connectivity index (χ3v) is 3.17. The van der Waals surface area contributed by atoms with Gasteiger partial charge >= 0.3 is 6.09 Å². The van der Waals surface area contributed by atoms with Gasteiger partial charge in [0.2, 0.25) is 0 Å². The summed E-state index contributed by atoms with van der Waals surface area (Å²) in [5.74, 6) is 0. The van der Waals surface area contributed by atoms with E-state index in [9.17, 15) is 4.79 Å². The van der Waals surface area contributed by atoms with E-state index >= 15 is 0 Å². The molecule has 0 fully saturated rings. The number of anilines is 1. The molecule has 5 heteroatoms. The summed E-state index contributed by atoms with van der Waals surface area (Å²) in [4.78, 5) is 16.7. The Labute approximate surface area is 122 Å². The van der Waals surface area contributed by atoms with Crippen LogP contribution in [0.25, 0.3) is 21.8 Å². The molecule has 0 atom stereocenters. The van der Waals surface area contributed by atoms with Crippen LogP contribution >= 0.6 is 0 Å². The molecule has 0 aliphatic carbocycles. The molecular formula is C16H17N3O2. The van der Waals surface area contributed by atoms with Crippen molar-refractivity contribution in [2.24, 2.45) is 0 Å². The highest BCUT2D eigenvalue weighted by Gasteiger charge is 2.22. The largest absolute Gasteiger partial charge is 0.443 e. The zero-order valence-electron chi connectivity index (χ0n) is 12.3. The van der Waals surface area contributed by atoms with Gasteiger partial charge in [0, 0.05) is 28.9 Å². The van der Waals surface area contributed by atoms with Crippen LogP contribution < -0.4 is 5.73 Å². The van der Waals surface area contributed by atoms with Crippen molar-refractivity contribution in [3.63, 3.8) is 0 Å². The van der Waals surface area contributed by atoms with Crippen LogP contribution in [0.2, 0.25) is 0 Å². The summed E-state index contributed by atoms with van der Waals surface area (Å²) in [7, 11) is 0. The second-order valence-corrected chi connectivity index (χ2v) is 5.99. The highest BCUT2D eigenvalue weighted by Crippen LogP contribution is 2.30. The fourth-order valence-electron chi connectivity index (χ4n) is 2.39. The molecule has 5 nitrogen and oxygen atoms in total. The predicted molar refractivity (Wildman–Crippen MR) is 83.3 cm³/mol. The minimum Gasteiger partial charge on any atom is -0.443 e. The molecule has 3 aromatic rings. The van der Waals surface area contributed by atoms with Crippen molar-refractivity contribution >= 4 is 33.6 Å². The van der Waals surface area contributed by atoms with Crippen LogP contribution in [-0.4, -0.2) is 21.2 Å². The van der Waals surface area contributed by atoms with Crippen LogP contribution in [-0.2, 0) is 4.74 Å². The summed E-state index contributed by atoms with van der Waals surface area (Å²) in [6, 6.07) is 7.25. The molecule has 3 rings (SSSR count). The zero-order valence-corrected chi connectivity index (χ0v) is 12.3. The first-order chi connectivity index (χ1) is 9.87. The van der Waals surface area contributed by atoms with E-state index in [0.717, 1.165) is 21.8 Å². The van der Waals surface area contributed by atoms with E-state index in [0.29, 0.717) is 5.69 Å². The predicted octanol–water partition coefficient (Wildman–Crippen LogP) is 3.55. The zero-order chi connectivity index (χ0) is 15.2. The topological polar surface area (TPSA) is 70.1 Å². The SMILES string of the molecule is CC(C)(C)OC(=O)n1c2ccncc2c2cc(N)ccc21. The van der Waals surface area contributed by atoms with Gasteiger partial charge in [-0.15, -0.1) is 0 Å². The molecule has 2 heterocycles. The lowest BCUT2D eigenvalue weighted by atomic mass is 10.2. The number of pyridine rings is 1. The molecule has 108 valence electrons. The maximum absolute atomic E-state index is 12.5. The summed E-state index contributed by atoms with van der Waals surface area (Å²) >= 11 is 0. The average molecular weight is 283 g/mol. The second-order valence-electron chi connectivity index (χ2n) is 5.99. The first-order valence-corrected chi connectivity index (χ1v) is 6.74. The van der Waals surface area contributed by atoms with Crippen LogP contribution in [0.4, 0.5) is 10.5 Å². The Kier molecular flexibility index (Phi) is 2.86. The van der Waals surface area contributed by atoms with Gasteiger partial charge in [0.25, 0.3) is 0 Å². The molecule has 0 radical (unpaired) electrons. The summed E-state index contributed by atoms with van der Waals surface area (Å²) in [6.07, 6.45) is 2.99. The lowest BCUT2D eigenvalue weighted by Gasteiger charge is -2.20. The average Bonchev–Trinajstić information content (AvgIpc) is 2.71. The molecule has 2 aromatic heterocycles. The first kappa shape index (κ1) is 13.4. The van der Waals surface area contributed by atoms with E-state index in [1.807, 2.05) is 32.9 Å². The van der Waals surface area contributed by atoms with Crippen molar-refractivity contribution < 1.29 is 9.53 Å². The lowest BCUT2D eigenvalue weighted by Crippen LogP contribution is -2.27. The van der Waals surface area contributed by atoms with Crippen LogP contribution in [0.15, 0.2) is 36.7 Å². The van der Waals surface area contributed by atoms with Gasteiger partial charge in [-0.25, -0.2) is 9.36 Å². The van der Waals surface area contributed by atoms with Crippen LogP contribution in [0, 0.1) is 0 Å². The number of nitrogens with zero attached hydrogens (tertiary/aromatic N) is 2. The Balaban J connectivity index is 2.31. The standard InChI is InChI=1S/C16H17N3O2/c1-16(2,3)21-15(20)19-13-5-4-10(17)8-11(13)12-9-18-7-6-14(12)19/h4-9H,17H2,1-3H3. The second kappa shape index (κ2) is 4.48. The van der Waals surface area contributed by atoms with Gasteiger partial charge in [0.1, 0.15) is 5.60 Å². The van der Waals surface area contributed by atoms with E-state index in [-0.39, 0.29) is 0 Å².